The zero-order chi connectivity index (χ0) is 12.3. The van der Waals surface area contributed by atoms with Gasteiger partial charge in [-0.1, -0.05) is 23.8 Å². The van der Waals surface area contributed by atoms with E-state index in [1.54, 1.807) is 6.07 Å². The van der Waals surface area contributed by atoms with Gasteiger partial charge in [-0.25, -0.2) is 0 Å². The Hall–Kier alpha value is -1.81. The molecule has 1 atom stereocenters. The molecule has 0 aliphatic rings. The van der Waals surface area contributed by atoms with Gasteiger partial charge >= 0.3 is 0 Å². The first-order valence-electron chi connectivity index (χ1n) is 5.24. The largest absolute Gasteiger partial charge is 0.547 e. The van der Waals surface area contributed by atoms with Gasteiger partial charge in [-0.3, -0.25) is 0 Å². The summed E-state index contributed by atoms with van der Waals surface area (Å²) in [5.41, 5.74) is 1.91. The number of hydrogen-bond acceptors (Lipinski definition) is 4. The highest BCUT2D eigenvalue weighted by Crippen LogP contribution is 2.23. The van der Waals surface area contributed by atoms with Crippen LogP contribution < -0.4 is 10.4 Å². The third kappa shape index (κ3) is 2.85. The number of nitrogens with one attached hydrogen (secondary N) is 1. The fourth-order valence-electron chi connectivity index (χ4n) is 1.52. The highest BCUT2D eigenvalue weighted by molar-refractivity contribution is 7.10. The molecule has 4 heteroatoms. The van der Waals surface area contributed by atoms with E-state index in [1.165, 1.54) is 11.3 Å². The monoisotopic (exact) mass is 246 g/mol. The molecule has 1 N–H and O–H groups in total. The molecule has 0 radical (unpaired) electrons. The number of carboxylic acids is 1. The Morgan fingerprint density at radius 3 is 2.53 bits per heavy atom. The van der Waals surface area contributed by atoms with Crippen molar-refractivity contribution in [3.63, 3.8) is 0 Å². The molecule has 0 fully saturated rings. The van der Waals surface area contributed by atoms with Crippen molar-refractivity contribution in [2.75, 3.05) is 5.32 Å². The Morgan fingerprint density at radius 1 is 1.29 bits per heavy atom. The molecule has 0 aliphatic heterocycles. The molecule has 0 saturated carbocycles. The third-order valence-corrected chi connectivity index (χ3v) is 3.36. The van der Waals surface area contributed by atoms with Crippen LogP contribution in [0.5, 0.6) is 0 Å². The van der Waals surface area contributed by atoms with Crippen molar-refractivity contribution in [1.82, 2.24) is 0 Å². The molecular weight excluding hydrogens is 234 g/mol. The average molecular weight is 246 g/mol. The summed E-state index contributed by atoms with van der Waals surface area (Å²) < 4.78 is 0. The molecule has 1 aromatic heterocycles. The third-order valence-electron chi connectivity index (χ3n) is 2.43. The molecule has 1 heterocycles. The van der Waals surface area contributed by atoms with Crippen LogP contribution in [0.25, 0.3) is 0 Å². The zero-order valence-corrected chi connectivity index (χ0v) is 10.2. The number of carbonyl (C=O) groups excluding carboxylic acids is 1. The van der Waals surface area contributed by atoms with Crippen LogP contribution >= 0.6 is 11.3 Å². The summed E-state index contributed by atoms with van der Waals surface area (Å²) in [6.07, 6.45) is 0. The maximum absolute atomic E-state index is 11.1. The zero-order valence-electron chi connectivity index (χ0n) is 9.34. The number of benzene rings is 1. The second kappa shape index (κ2) is 5.01. The molecular formula is C13H12NO2S-. The van der Waals surface area contributed by atoms with Crippen LogP contribution in [0.2, 0.25) is 0 Å². The molecule has 0 bridgehead atoms. The minimum absolute atomic E-state index is 0.741. The lowest BCUT2D eigenvalue weighted by Gasteiger charge is -2.19. The first-order valence-corrected chi connectivity index (χ1v) is 6.12. The van der Waals surface area contributed by atoms with Gasteiger partial charge in [0.15, 0.2) is 0 Å². The van der Waals surface area contributed by atoms with E-state index in [9.17, 15) is 9.90 Å². The quantitative estimate of drug-likeness (QED) is 0.897. The van der Waals surface area contributed by atoms with E-state index in [0.29, 0.717) is 0 Å². The molecule has 88 valence electrons. The molecule has 0 saturated heterocycles. The van der Waals surface area contributed by atoms with Crippen molar-refractivity contribution in [2.24, 2.45) is 0 Å². The van der Waals surface area contributed by atoms with E-state index >= 15 is 0 Å². The normalized spacial score (nSPS) is 12.1. The van der Waals surface area contributed by atoms with Crippen molar-refractivity contribution in [3.05, 3.63) is 52.2 Å². The summed E-state index contributed by atoms with van der Waals surface area (Å²) >= 11 is 1.40. The lowest BCUT2D eigenvalue weighted by atomic mass is 10.2. The van der Waals surface area contributed by atoms with Gasteiger partial charge in [0.2, 0.25) is 0 Å². The predicted molar refractivity (Wildman–Crippen MR) is 66.9 cm³/mol. The topological polar surface area (TPSA) is 52.2 Å². The highest BCUT2D eigenvalue weighted by atomic mass is 32.1. The smallest absolute Gasteiger partial charge is 0.101 e. The number of aryl methyl sites for hydroxylation is 1. The van der Waals surface area contributed by atoms with Gasteiger partial charge in [0, 0.05) is 10.6 Å². The lowest BCUT2D eigenvalue weighted by molar-refractivity contribution is -0.307. The number of hydrogen-bond donors (Lipinski definition) is 1. The number of thiophene rings is 1. The van der Waals surface area contributed by atoms with E-state index in [2.05, 4.69) is 5.32 Å². The van der Waals surface area contributed by atoms with Crippen LogP contribution in [0, 0.1) is 6.92 Å². The molecule has 3 nitrogen and oxygen atoms in total. The van der Waals surface area contributed by atoms with Gasteiger partial charge in [0.1, 0.15) is 6.04 Å². The molecule has 0 unspecified atom stereocenters. The summed E-state index contributed by atoms with van der Waals surface area (Å²) in [5.74, 6) is -1.12. The van der Waals surface area contributed by atoms with E-state index in [0.717, 1.165) is 16.1 Å². The molecule has 0 spiro atoms. The maximum Gasteiger partial charge on any atom is 0.101 e. The summed E-state index contributed by atoms with van der Waals surface area (Å²) in [6, 6.07) is 10.4. The van der Waals surface area contributed by atoms with Crippen LogP contribution in [0.1, 0.15) is 16.5 Å². The maximum atomic E-state index is 11.1. The van der Waals surface area contributed by atoms with Crippen molar-refractivity contribution >= 4 is 23.0 Å². The van der Waals surface area contributed by atoms with Crippen LogP contribution in [0.3, 0.4) is 0 Å². The lowest BCUT2D eigenvalue weighted by Crippen LogP contribution is -2.33. The summed E-state index contributed by atoms with van der Waals surface area (Å²) in [4.78, 5) is 11.8. The van der Waals surface area contributed by atoms with E-state index < -0.39 is 12.0 Å². The van der Waals surface area contributed by atoms with Crippen molar-refractivity contribution < 1.29 is 9.90 Å². The fraction of sp³-hybridized carbons (Fsp3) is 0.154. The average Bonchev–Trinajstić information content (AvgIpc) is 2.81. The Kier molecular flexibility index (Phi) is 3.44. The minimum atomic E-state index is -1.12. The van der Waals surface area contributed by atoms with Crippen molar-refractivity contribution in [1.29, 1.82) is 0 Å². The Labute approximate surface area is 104 Å². The summed E-state index contributed by atoms with van der Waals surface area (Å²) in [6.45, 7) is 1.99. The van der Waals surface area contributed by atoms with Crippen molar-refractivity contribution in [3.8, 4) is 0 Å². The molecule has 2 aromatic rings. The van der Waals surface area contributed by atoms with Gasteiger partial charge in [0.05, 0.1) is 5.97 Å². The number of carbonyl (C=O) groups is 1. The second-order valence-corrected chi connectivity index (χ2v) is 4.76. The second-order valence-electron chi connectivity index (χ2n) is 3.78. The number of anilines is 1. The predicted octanol–water partition coefficient (Wildman–Crippen LogP) is 1.96. The first-order chi connectivity index (χ1) is 8.16. The number of rotatable bonds is 4. The minimum Gasteiger partial charge on any atom is -0.547 e. The van der Waals surface area contributed by atoms with E-state index in [1.807, 2.05) is 42.6 Å². The Balaban J connectivity index is 2.19. The Morgan fingerprint density at radius 2 is 2.00 bits per heavy atom. The van der Waals surface area contributed by atoms with Crippen LogP contribution in [-0.4, -0.2) is 5.97 Å². The van der Waals surface area contributed by atoms with Crippen LogP contribution in [0.15, 0.2) is 41.8 Å². The Bertz CT molecular complexity index is 491. The van der Waals surface area contributed by atoms with Crippen LogP contribution in [0.4, 0.5) is 5.69 Å². The highest BCUT2D eigenvalue weighted by Gasteiger charge is 2.13. The summed E-state index contributed by atoms with van der Waals surface area (Å²) in [7, 11) is 0. The van der Waals surface area contributed by atoms with Gasteiger partial charge < -0.3 is 15.2 Å². The SMILES string of the molecule is Cc1ccc(N[C@@H](C(=O)[O-])c2cccs2)cc1. The van der Waals surface area contributed by atoms with Crippen LogP contribution in [-0.2, 0) is 4.79 Å². The number of aliphatic carboxylic acids is 1. The van der Waals surface area contributed by atoms with Gasteiger partial charge in [-0.05, 0) is 30.5 Å². The van der Waals surface area contributed by atoms with Gasteiger partial charge in [0.25, 0.3) is 0 Å². The molecule has 2 rings (SSSR count). The van der Waals surface area contributed by atoms with E-state index in [4.69, 9.17) is 0 Å². The molecule has 1 aromatic carbocycles. The number of carboxylic acid groups (broad SMARTS) is 1. The molecule has 17 heavy (non-hydrogen) atoms. The summed E-state index contributed by atoms with van der Waals surface area (Å²) in [5, 5.41) is 15.9. The molecule has 0 amide bonds. The van der Waals surface area contributed by atoms with E-state index in [-0.39, 0.29) is 0 Å². The molecule has 0 aliphatic carbocycles. The first kappa shape index (κ1) is 11.7. The van der Waals surface area contributed by atoms with Crippen molar-refractivity contribution in [2.45, 2.75) is 13.0 Å². The fourth-order valence-corrected chi connectivity index (χ4v) is 2.28. The van der Waals surface area contributed by atoms with Gasteiger partial charge in [-0.15, -0.1) is 11.3 Å². The van der Waals surface area contributed by atoms with Gasteiger partial charge in [-0.2, -0.15) is 0 Å². The standard InChI is InChI=1S/C13H13NO2S/c1-9-4-6-10(7-5-9)14-12(13(15)16)11-3-2-8-17-11/h2-8,12,14H,1H3,(H,15,16)/p-1/t12-/m1/s1.